The minimum atomic E-state index is 0.684. The molecule has 1 fully saturated rings. The molecule has 1 aliphatic carbocycles. The summed E-state index contributed by atoms with van der Waals surface area (Å²) in [4.78, 5) is 14.3. The van der Waals surface area contributed by atoms with E-state index in [2.05, 4.69) is 119 Å². The van der Waals surface area contributed by atoms with Gasteiger partial charge in [0.1, 0.15) is 12.1 Å². The third kappa shape index (κ3) is 6.40. The molecule has 0 saturated heterocycles. The van der Waals surface area contributed by atoms with Crippen molar-refractivity contribution in [3.63, 3.8) is 0 Å². The van der Waals surface area contributed by atoms with Gasteiger partial charge >= 0.3 is 0 Å². The van der Waals surface area contributed by atoms with Gasteiger partial charge in [-0.15, -0.1) is 0 Å². The minimum Gasteiger partial charge on any atom is -0.385 e. The van der Waals surface area contributed by atoms with Crippen LogP contribution in [0, 0.1) is 0 Å². The number of nitrogens with one attached hydrogen (secondary N) is 1. The molecule has 196 valence electrons. The van der Waals surface area contributed by atoms with Gasteiger partial charge in [-0.3, -0.25) is 0 Å². The lowest BCUT2D eigenvalue weighted by molar-refractivity contribution is 0.196. The summed E-state index contributed by atoms with van der Waals surface area (Å²) in [5, 5.41) is 3.40. The molecule has 0 spiro atoms. The van der Waals surface area contributed by atoms with Crippen molar-refractivity contribution in [3.05, 3.63) is 91.3 Å². The van der Waals surface area contributed by atoms with Crippen LogP contribution in [-0.2, 0) is 0 Å². The molecule has 0 unspecified atom stereocenters. The third-order valence-corrected chi connectivity index (χ3v) is 7.63. The minimum absolute atomic E-state index is 0.684. The van der Waals surface area contributed by atoms with Crippen LogP contribution in [0.5, 0.6) is 0 Å². The standard InChI is InChI=1S/C33H39N5/c1-3-34-29-17-19-31(20-18-29)38(22-21-37(2)30-15-8-5-9-16-30)33-24-32(35-25-36-33)28-14-10-13-27(23-28)26-11-6-4-7-12-26/h4,6-7,10-14,17-20,23-25,30,34H,3,5,8-9,15-16,21-22H2,1-2H3. The first kappa shape index (κ1) is 25.9. The molecule has 5 rings (SSSR count). The van der Waals surface area contributed by atoms with Gasteiger partial charge in [-0.25, -0.2) is 9.97 Å². The van der Waals surface area contributed by atoms with Crippen LogP contribution in [0.1, 0.15) is 39.0 Å². The molecule has 1 heterocycles. The van der Waals surface area contributed by atoms with Crippen molar-refractivity contribution in [1.82, 2.24) is 14.9 Å². The van der Waals surface area contributed by atoms with E-state index in [-0.39, 0.29) is 0 Å². The summed E-state index contributed by atoms with van der Waals surface area (Å²) in [5.74, 6) is 0.924. The maximum atomic E-state index is 4.75. The van der Waals surface area contributed by atoms with Crippen molar-refractivity contribution < 1.29 is 0 Å². The first-order valence-corrected chi connectivity index (χ1v) is 14.0. The largest absolute Gasteiger partial charge is 0.385 e. The molecule has 5 nitrogen and oxygen atoms in total. The van der Waals surface area contributed by atoms with Gasteiger partial charge < -0.3 is 15.1 Å². The number of hydrogen-bond acceptors (Lipinski definition) is 5. The van der Waals surface area contributed by atoms with Crippen LogP contribution in [-0.4, -0.2) is 47.6 Å². The maximum Gasteiger partial charge on any atom is 0.137 e. The van der Waals surface area contributed by atoms with Crippen LogP contribution in [0.2, 0.25) is 0 Å². The second-order valence-electron chi connectivity index (χ2n) is 10.2. The van der Waals surface area contributed by atoms with Gasteiger partial charge in [0.15, 0.2) is 0 Å². The monoisotopic (exact) mass is 505 g/mol. The van der Waals surface area contributed by atoms with Crippen molar-refractivity contribution in [3.8, 4) is 22.4 Å². The highest BCUT2D eigenvalue weighted by Crippen LogP contribution is 2.30. The predicted molar refractivity (Wildman–Crippen MR) is 160 cm³/mol. The number of nitrogens with zero attached hydrogens (tertiary/aromatic N) is 4. The predicted octanol–water partition coefficient (Wildman–Crippen LogP) is 7.65. The Labute approximate surface area is 227 Å². The molecule has 5 heteroatoms. The Balaban J connectivity index is 1.43. The molecule has 4 aromatic rings. The summed E-state index contributed by atoms with van der Waals surface area (Å²) >= 11 is 0. The lowest BCUT2D eigenvalue weighted by Gasteiger charge is -2.33. The highest BCUT2D eigenvalue weighted by atomic mass is 15.2. The van der Waals surface area contributed by atoms with E-state index in [4.69, 9.17) is 4.98 Å². The van der Waals surface area contributed by atoms with Crippen molar-refractivity contribution in [1.29, 1.82) is 0 Å². The van der Waals surface area contributed by atoms with E-state index in [0.717, 1.165) is 48.1 Å². The molecule has 0 atom stereocenters. The Hall–Kier alpha value is -3.70. The number of aromatic nitrogens is 2. The number of likely N-dealkylation sites (N-methyl/N-ethyl adjacent to an activating group) is 1. The quantitative estimate of drug-likeness (QED) is 0.240. The fraction of sp³-hybridized carbons (Fsp3) is 0.333. The van der Waals surface area contributed by atoms with Gasteiger partial charge in [0, 0.05) is 48.7 Å². The van der Waals surface area contributed by atoms with Crippen LogP contribution in [0.15, 0.2) is 91.3 Å². The summed E-state index contributed by atoms with van der Waals surface area (Å²) in [5.41, 5.74) is 6.70. The number of rotatable bonds is 10. The van der Waals surface area contributed by atoms with Gasteiger partial charge in [-0.05, 0) is 68.3 Å². The van der Waals surface area contributed by atoms with Crippen molar-refractivity contribution in [2.24, 2.45) is 0 Å². The smallest absolute Gasteiger partial charge is 0.137 e. The lowest BCUT2D eigenvalue weighted by Crippen LogP contribution is -2.38. The Kier molecular flexibility index (Phi) is 8.67. The van der Waals surface area contributed by atoms with Gasteiger partial charge in [-0.1, -0.05) is 67.8 Å². The zero-order valence-electron chi connectivity index (χ0n) is 22.7. The highest BCUT2D eigenvalue weighted by molar-refractivity contribution is 5.73. The molecule has 0 aliphatic heterocycles. The van der Waals surface area contributed by atoms with E-state index in [1.54, 1.807) is 6.33 Å². The fourth-order valence-corrected chi connectivity index (χ4v) is 5.44. The fourth-order valence-electron chi connectivity index (χ4n) is 5.44. The van der Waals surface area contributed by atoms with Gasteiger partial charge in [0.2, 0.25) is 0 Å². The van der Waals surface area contributed by atoms with E-state index in [9.17, 15) is 0 Å². The third-order valence-electron chi connectivity index (χ3n) is 7.63. The van der Waals surface area contributed by atoms with Gasteiger partial charge in [-0.2, -0.15) is 0 Å². The number of anilines is 3. The van der Waals surface area contributed by atoms with Crippen LogP contribution in [0.25, 0.3) is 22.4 Å². The molecular formula is C33H39N5. The zero-order valence-corrected chi connectivity index (χ0v) is 22.7. The van der Waals surface area contributed by atoms with Crippen LogP contribution >= 0.6 is 0 Å². The number of benzene rings is 3. The summed E-state index contributed by atoms with van der Waals surface area (Å²) in [6, 6.07) is 30.6. The Morgan fingerprint density at radius 2 is 1.50 bits per heavy atom. The van der Waals surface area contributed by atoms with E-state index in [1.807, 2.05) is 0 Å². The topological polar surface area (TPSA) is 44.3 Å². The second kappa shape index (κ2) is 12.7. The summed E-state index contributed by atoms with van der Waals surface area (Å²) in [6.45, 7) is 4.89. The molecule has 0 radical (unpaired) electrons. The van der Waals surface area contributed by atoms with E-state index >= 15 is 0 Å². The SMILES string of the molecule is CCNc1ccc(N(CCN(C)C2CCCCC2)c2cc(-c3cccc(-c4ccccc4)c3)ncn2)cc1. The Bertz CT molecular complexity index is 1280. The number of hydrogen-bond donors (Lipinski definition) is 1. The molecule has 1 N–H and O–H groups in total. The molecule has 0 bridgehead atoms. The summed E-state index contributed by atoms with van der Waals surface area (Å²) in [6.07, 6.45) is 8.39. The molecular weight excluding hydrogens is 466 g/mol. The molecule has 3 aromatic carbocycles. The van der Waals surface area contributed by atoms with Crippen LogP contribution < -0.4 is 10.2 Å². The van der Waals surface area contributed by atoms with Crippen molar-refractivity contribution in [2.45, 2.75) is 45.1 Å². The summed E-state index contributed by atoms with van der Waals surface area (Å²) in [7, 11) is 2.28. The molecule has 1 aromatic heterocycles. The zero-order chi connectivity index (χ0) is 26.2. The lowest BCUT2D eigenvalue weighted by atomic mass is 9.94. The van der Waals surface area contributed by atoms with E-state index in [0.29, 0.717) is 6.04 Å². The second-order valence-corrected chi connectivity index (χ2v) is 10.2. The Morgan fingerprint density at radius 1 is 0.763 bits per heavy atom. The highest BCUT2D eigenvalue weighted by Gasteiger charge is 2.20. The van der Waals surface area contributed by atoms with Crippen molar-refractivity contribution in [2.75, 3.05) is 36.9 Å². The first-order chi connectivity index (χ1) is 18.7. The summed E-state index contributed by atoms with van der Waals surface area (Å²) < 4.78 is 0. The van der Waals surface area contributed by atoms with Crippen LogP contribution in [0.3, 0.4) is 0 Å². The molecule has 1 aliphatic rings. The molecule has 38 heavy (non-hydrogen) atoms. The van der Waals surface area contributed by atoms with Gasteiger partial charge in [0.25, 0.3) is 0 Å². The maximum absolute atomic E-state index is 4.75. The van der Waals surface area contributed by atoms with Crippen molar-refractivity contribution >= 4 is 17.2 Å². The molecule has 1 saturated carbocycles. The van der Waals surface area contributed by atoms with E-state index in [1.165, 1.54) is 43.2 Å². The van der Waals surface area contributed by atoms with Crippen LogP contribution in [0.4, 0.5) is 17.2 Å². The molecule has 0 amide bonds. The van der Waals surface area contributed by atoms with E-state index < -0.39 is 0 Å². The average Bonchev–Trinajstić information content (AvgIpc) is 2.99. The first-order valence-electron chi connectivity index (χ1n) is 14.0. The Morgan fingerprint density at radius 3 is 2.26 bits per heavy atom. The van der Waals surface area contributed by atoms with Gasteiger partial charge in [0.05, 0.1) is 5.69 Å². The normalized spacial score (nSPS) is 14.0. The average molecular weight is 506 g/mol.